The maximum atomic E-state index is 12.5. The molecule has 3 amide bonds. The van der Waals surface area contributed by atoms with E-state index in [1.165, 1.54) is 0 Å². The molecule has 0 fully saturated rings. The molecule has 0 saturated carbocycles. The van der Waals surface area contributed by atoms with Gasteiger partial charge in [0.2, 0.25) is 17.7 Å². The predicted octanol–water partition coefficient (Wildman–Crippen LogP) is -1.65. The Kier molecular flexibility index (Phi) is 9.26. The predicted molar refractivity (Wildman–Crippen MR) is 100 cm³/mol. The Bertz CT molecular complexity index is 754. The molecule has 0 bridgehead atoms. The second-order valence-corrected chi connectivity index (χ2v) is 6.36. The number of carbonyl (C=O) groups excluding carboxylic acids is 3. The van der Waals surface area contributed by atoms with Crippen molar-refractivity contribution in [1.29, 1.82) is 0 Å². The molecule has 0 aromatic heterocycles. The molecular formula is C18H24N4O7. The Balaban J connectivity index is 2.87. The first-order chi connectivity index (χ1) is 13.6. The van der Waals surface area contributed by atoms with Crippen LogP contribution in [-0.4, -0.2) is 58.0 Å². The second kappa shape index (κ2) is 11.4. The van der Waals surface area contributed by atoms with Crippen molar-refractivity contribution in [2.75, 3.05) is 0 Å². The van der Waals surface area contributed by atoms with E-state index in [9.17, 15) is 29.1 Å². The molecule has 3 unspecified atom stereocenters. The quantitative estimate of drug-likeness (QED) is 0.236. The first kappa shape index (κ1) is 23.6. The van der Waals surface area contributed by atoms with Crippen LogP contribution >= 0.6 is 0 Å². The van der Waals surface area contributed by atoms with E-state index in [2.05, 4.69) is 10.6 Å². The lowest BCUT2D eigenvalue weighted by molar-refractivity contribution is -0.143. The highest BCUT2D eigenvalue weighted by atomic mass is 16.4. The maximum Gasteiger partial charge on any atom is 0.326 e. The fraction of sp³-hybridized carbons (Fsp3) is 0.389. The van der Waals surface area contributed by atoms with Crippen molar-refractivity contribution in [3.05, 3.63) is 35.9 Å². The molecule has 0 aliphatic carbocycles. The minimum absolute atomic E-state index is 0.0112. The summed E-state index contributed by atoms with van der Waals surface area (Å²) >= 11 is 0. The molecular weight excluding hydrogens is 384 g/mol. The van der Waals surface area contributed by atoms with Crippen molar-refractivity contribution >= 4 is 29.7 Å². The summed E-state index contributed by atoms with van der Waals surface area (Å²) in [6, 6.07) is 4.59. The molecule has 11 nitrogen and oxygen atoms in total. The van der Waals surface area contributed by atoms with E-state index in [0.717, 1.165) is 0 Å². The van der Waals surface area contributed by atoms with Gasteiger partial charge in [-0.15, -0.1) is 0 Å². The van der Waals surface area contributed by atoms with Crippen molar-refractivity contribution in [2.45, 2.75) is 43.8 Å². The smallest absolute Gasteiger partial charge is 0.326 e. The molecule has 1 aromatic rings. The molecule has 0 radical (unpaired) electrons. The van der Waals surface area contributed by atoms with E-state index < -0.39 is 60.6 Å². The number of hydrogen-bond donors (Lipinski definition) is 6. The molecule has 0 saturated heterocycles. The van der Waals surface area contributed by atoms with E-state index in [4.69, 9.17) is 16.6 Å². The summed E-state index contributed by atoms with van der Waals surface area (Å²) in [6.07, 6.45) is -1.23. The van der Waals surface area contributed by atoms with Gasteiger partial charge in [-0.2, -0.15) is 0 Å². The summed E-state index contributed by atoms with van der Waals surface area (Å²) in [5.41, 5.74) is 11.2. The van der Waals surface area contributed by atoms with Gasteiger partial charge in [0.05, 0.1) is 12.5 Å². The number of carboxylic acid groups (broad SMARTS) is 2. The Morgan fingerprint density at radius 1 is 0.931 bits per heavy atom. The summed E-state index contributed by atoms with van der Waals surface area (Å²) < 4.78 is 0. The molecule has 0 spiro atoms. The Morgan fingerprint density at radius 2 is 1.52 bits per heavy atom. The standard InChI is InChI=1S/C18H24N4O7/c19-11(9-14(20)23)16(26)21-12(6-7-15(24)25)17(27)22-13(18(28)29)8-10-4-2-1-3-5-10/h1-5,11-13H,6-9,19H2,(H2,20,23)(H,21,26)(H,22,27)(H,24,25)(H,28,29). The molecule has 8 N–H and O–H groups in total. The van der Waals surface area contributed by atoms with Gasteiger partial charge in [-0.3, -0.25) is 19.2 Å². The number of nitrogens with two attached hydrogens (primary N) is 2. The highest BCUT2D eigenvalue weighted by Gasteiger charge is 2.28. The zero-order valence-electron chi connectivity index (χ0n) is 15.5. The van der Waals surface area contributed by atoms with E-state index in [0.29, 0.717) is 5.56 Å². The van der Waals surface area contributed by atoms with Crippen LogP contribution in [0.4, 0.5) is 0 Å². The van der Waals surface area contributed by atoms with Crippen molar-refractivity contribution in [1.82, 2.24) is 10.6 Å². The minimum atomic E-state index is -1.35. The van der Waals surface area contributed by atoms with E-state index >= 15 is 0 Å². The Hall–Kier alpha value is -3.47. The Labute approximate surface area is 166 Å². The molecule has 0 aliphatic rings. The van der Waals surface area contributed by atoms with E-state index in [-0.39, 0.29) is 12.8 Å². The summed E-state index contributed by atoms with van der Waals surface area (Å²) in [7, 11) is 0. The lowest BCUT2D eigenvalue weighted by Crippen LogP contribution is -2.55. The summed E-state index contributed by atoms with van der Waals surface area (Å²) in [5.74, 6) is -5.10. The molecule has 29 heavy (non-hydrogen) atoms. The summed E-state index contributed by atoms with van der Waals surface area (Å²) in [4.78, 5) is 57.8. The lowest BCUT2D eigenvalue weighted by Gasteiger charge is -2.22. The number of nitrogens with one attached hydrogen (secondary N) is 2. The van der Waals surface area contributed by atoms with Crippen molar-refractivity contribution in [3.8, 4) is 0 Å². The highest BCUT2D eigenvalue weighted by molar-refractivity contribution is 5.93. The van der Waals surface area contributed by atoms with Crippen LogP contribution in [0.2, 0.25) is 0 Å². The number of carbonyl (C=O) groups is 5. The van der Waals surface area contributed by atoms with Gasteiger partial charge in [-0.05, 0) is 12.0 Å². The number of hydrogen-bond acceptors (Lipinski definition) is 6. The van der Waals surface area contributed by atoms with Crippen LogP contribution in [0.25, 0.3) is 0 Å². The fourth-order valence-electron chi connectivity index (χ4n) is 2.45. The number of carboxylic acids is 2. The maximum absolute atomic E-state index is 12.5. The first-order valence-electron chi connectivity index (χ1n) is 8.73. The third-order valence-electron chi connectivity index (χ3n) is 3.93. The first-order valence-corrected chi connectivity index (χ1v) is 8.73. The van der Waals surface area contributed by atoms with Gasteiger partial charge in [0.1, 0.15) is 12.1 Å². The van der Waals surface area contributed by atoms with Crippen LogP contribution in [0, 0.1) is 0 Å². The summed E-state index contributed by atoms with van der Waals surface area (Å²) in [5, 5.41) is 22.8. The van der Waals surface area contributed by atoms with Gasteiger partial charge in [0.15, 0.2) is 0 Å². The van der Waals surface area contributed by atoms with Crippen LogP contribution in [0.1, 0.15) is 24.8 Å². The van der Waals surface area contributed by atoms with Crippen molar-refractivity contribution < 1.29 is 34.2 Å². The summed E-state index contributed by atoms with van der Waals surface area (Å²) in [6.45, 7) is 0. The third-order valence-corrected chi connectivity index (χ3v) is 3.93. The average molecular weight is 408 g/mol. The van der Waals surface area contributed by atoms with Gasteiger partial charge in [-0.1, -0.05) is 30.3 Å². The number of benzene rings is 1. The Morgan fingerprint density at radius 3 is 2.03 bits per heavy atom. The van der Waals surface area contributed by atoms with Gasteiger partial charge in [0, 0.05) is 12.8 Å². The van der Waals surface area contributed by atoms with Crippen LogP contribution < -0.4 is 22.1 Å². The third kappa shape index (κ3) is 8.84. The van der Waals surface area contributed by atoms with E-state index in [1.54, 1.807) is 30.3 Å². The van der Waals surface area contributed by atoms with Crippen LogP contribution in [0.3, 0.4) is 0 Å². The molecule has 0 aliphatic heterocycles. The number of amides is 3. The molecule has 3 atom stereocenters. The molecule has 11 heteroatoms. The van der Waals surface area contributed by atoms with Gasteiger partial charge in [0.25, 0.3) is 0 Å². The van der Waals surface area contributed by atoms with Crippen molar-refractivity contribution in [3.63, 3.8) is 0 Å². The molecule has 0 heterocycles. The topological polar surface area (TPSA) is 202 Å². The highest BCUT2D eigenvalue weighted by Crippen LogP contribution is 2.06. The zero-order chi connectivity index (χ0) is 22.0. The van der Waals surface area contributed by atoms with E-state index in [1.807, 2.05) is 0 Å². The minimum Gasteiger partial charge on any atom is -0.481 e. The van der Waals surface area contributed by atoms with Gasteiger partial charge < -0.3 is 32.3 Å². The van der Waals surface area contributed by atoms with Crippen molar-refractivity contribution in [2.24, 2.45) is 11.5 Å². The SMILES string of the molecule is NC(=O)CC(N)C(=O)NC(CCC(=O)O)C(=O)NC(Cc1ccccc1)C(=O)O. The molecule has 1 aromatic carbocycles. The molecule has 158 valence electrons. The normalized spacial score (nSPS) is 13.6. The average Bonchev–Trinajstić information content (AvgIpc) is 2.64. The second-order valence-electron chi connectivity index (χ2n) is 6.36. The zero-order valence-corrected chi connectivity index (χ0v) is 15.5. The van der Waals surface area contributed by atoms with Crippen LogP contribution in [0.5, 0.6) is 0 Å². The lowest BCUT2D eigenvalue weighted by atomic mass is 10.0. The van der Waals surface area contributed by atoms with Gasteiger partial charge in [-0.25, -0.2) is 4.79 Å². The molecule has 1 rings (SSSR count). The largest absolute Gasteiger partial charge is 0.481 e. The number of aliphatic carboxylic acids is 2. The fourth-order valence-corrected chi connectivity index (χ4v) is 2.45. The van der Waals surface area contributed by atoms with Gasteiger partial charge >= 0.3 is 11.9 Å². The monoisotopic (exact) mass is 408 g/mol. The van der Waals surface area contributed by atoms with Crippen LogP contribution in [0.15, 0.2) is 30.3 Å². The number of primary amides is 1. The van der Waals surface area contributed by atoms with Crippen LogP contribution in [-0.2, 0) is 30.4 Å². The number of rotatable bonds is 12.